The Bertz CT molecular complexity index is 1340. The molecule has 0 unspecified atom stereocenters. The Hall–Kier alpha value is -3.42. The van der Waals surface area contributed by atoms with Gasteiger partial charge in [-0.2, -0.15) is 0 Å². The van der Waals surface area contributed by atoms with Crippen molar-refractivity contribution in [2.45, 2.75) is 51.7 Å². The summed E-state index contributed by atoms with van der Waals surface area (Å²) >= 11 is 0. The van der Waals surface area contributed by atoms with Crippen LogP contribution in [0.25, 0.3) is 17.2 Å². The monoisotopic (exact) mass is 513 g/mol. The SMILES string of the molecule is Cc1ccc(C=C(CNC(=O)OCC2c3ccccc3-c3ccccc32)B2OC(C)(C)C(C)(C)O2)c(F)c1. The molecule has 1 aliphatic carbocycles. The summed E-state index contributed by atoms with van der Waals surface area (Å²) in [4.78, 5) is 12.8. The summed E-state index contributed by atoms with van der Waals surface area (Å²) in [6.07, 6.45) is 1.12. The lowest BCUT2D eigenvalue weighted by molar-refractivity contribution is 0.00578. The van der Waals surface area contributed by atoms with Gasteiger partial charge in [-0.15, -0.1) is 0 Å². The maximum absolute atomic E-state index is 14.7. The van der Waals surface area contributed by atoms with Crippen molar-refractivity contribution in [2.75, 3.05) is 13.2 Å². The molecular formula is C31H33BFNO4. The predicted octanol–water partition coefficient (Wildman–Crippen LogP) is 6.69. The normalized spacial score (nSPS) is 17.7. The second kappa shape index (κ2) is 10.0. The van der Waals surface area contributed by atoms with Crippen LogP contribution in [0.3, 0.4) is 0 Å². The Morgan fingerprint density at radius 2 is 1.55 bits per heavy atom. The lowest BCUT2D eigenvalue weighted by Gasteiger charge is -2.32. The maximum Gasteiger partial charge on any atom is 0.492 e. The van der Waals surface area contributed by atoms with Crippen molar-refractivity contribution >= 4 is 19.3 Å². The van der Waals surface area contributed by atoms with Crippen LogP contribution in [-0.2, 0) is 14.0 Å². The summed E-state index contributed by atoms with van der Waals surface area (Å²) in [5, 5.41) is 2.83. The fourth-order valence-electron chi connectivity index (χ4n) is 4.97. The number of alkyl carbamates (subject to hydrolysis) is 1. The second-order valence-electron chi connectivity index (χ2n) is 11.0. The number of rotatable bonds is 6. The molecule has 7 heteroatoms. The van der Waals surface area contributed by atoms with Crippen LogP contribution in [0.1, 0.15) is 55.9 Å². The summed E-state index contributed by atoms with van der Waals surface area (Å²) in [5.74, 6) is -0.381. The van der Waals surface area contributed by atoms with Crippen LogP contribution in [0.15, 0.2) is 72.2 Å². The zero-order valence-electron chi connectivity index (χ0n) is 22.5. The van der Waals surface area contributed by atoms with Crippen LogP contribution < -0.4 is 5.32 Å². The van der Waals surface area contributed by atoms with Gasteiger partial charge in [-0.3, -0.25) is 0 Å². The Balaban J connectivity index is 1.31. The molecule has 1 N–H and O–H groups in total. The molecule has 5 rings (SSSR count). The molecule has 38 heavy (non-hydrogen) atoms. The molecule has 1 amide bonds. The molecule has 1 aliphatic heterocycles. The summed E-state index contributed by atoms with van der Waals surface area (Å²) in [7, 11) is -0.741. The molecule has 1 fully saturated rings. The lowest BCUT2D eigenvalue weighted by atomic mass is 9.77. The van der Waals surface area contributed by atoms with Crippen LogP contribution in [0, 0.1) is 12.7 Å². The first-order valence-electron chi connectivity index (χ1n) is 13.0. The number of ether oxygens (including phenoxy) is 1. The van der Waals surface area contributed by atoms with E-state index >= 15 is 0 Å². The minimum atomic E-state index is -0.741. The molecule has 3 aromatic rings. The third-order valence-electron chi connectivity index (χ3n) is 7.83. The number of aryl methyl sites for hydroxylation is 1. The first kappa shape index (κ1) is 26.2. The van der Waals surface area contributed by atoms with Gasteiger partial charge in [-0.05, 0) is 74.0 Å². The van der Waals surface area contributed by atoms with E-state index in [2.05, 4.69) is 29.6 Å². The number of fused-ring (bicyclic) bond motifs is 3. The average Bonchev–Trinajstić information content (AvgIpc) is 3.30. The molecule has 2 aliphatic rings. The van der Waals surface area contributed by atoms with Crippen molar-refractivity contribution in [1.82, 2.24) is 5.32 Å². The minimum absolute atomic E-state index is 0.0343. The van der Waals surface area contributed by atoms with Gasteiger partial charge in [0.15, 0.2) is 0 Å². The second-order valence-corrected chi connectivity index (χ2v) is 11.0. The van der Waals surface area contributed by atoms with Crippen molar-refractivity contribution in [1.29, 1.82) is 0 Å². The third-order valence-corrected chi connectivity index (χ3v) is 7.83. The van der Waals surface area contributed by atoms with E-state index in [1.54, 1.807) is 12.1 Å². The van der Waals surface area contributed by atoms with Gasteiger partial charge in [-0.25, -0.2) is 9.18 Å². The van der Waals surface area contributed by atoms with Gasteiger partial charge in [0.05, 0.1) is 11.2 Å². The smallest absolute Gasteiger partial charge is 0.449 e. The van der Waals surface area contributed by atoms with Crippen LogP contribution in [0.5, 0.6) is 0 Å². The third kappa shape index (κ3) is 5.01. The number of halogens is 1. The van der Waals surface area contributed by atoms with E-state index < -0.39 is 24.4 Å². The van der Waals surface area contributed by atoms with Gasteiger partial charge in [0.2, 0.25) is 0 Å². The summed E-state index contributed by atoms with van der Waals surface area (Å²) in [6, 6.07) is 21.4. The topological polar surface area (TPSA) is 56.8 Å². The van der Waals surface area contributed by atoms with E-state index in [-0.39, 0.29) is 24.9 Å². The van der Waals surface area contributed by atoms with E-state index in [1.165, 1.54) is 17.2 Å². The summed E-state index contributed by atoms with van der Waals surface area (Å²) in [5.41, 5.74) is 5.30. The standard InChI is InChI=1S/C31H33BFNO4/c1-20-14-15-21(28(33)16-20)17-22(32-37-30(2,3)31(4,5)38-32)18-34-29(35)36-19-27-25-12-8-6-10-23(25)24-11-7-9-13-26(24)27/h6-17,27H,18-19H2,1-5H3,(H,34,35). The molecule has 0 saturated carbocycles. The van der Waals surface area contributed by atoms with Crippen LogP contribution in [0.4, 0.5) is 9.18 Å². The largest absolute Gasteiger partial charge is 0.492 e. The van der Waals surface area contributed by atoms with Crippen LogP contribution in [-0.4, -0.2) is 37.6 Å². The van der Waals surface area contributed by atoms with Gasteiger partial charge in [0.1, 0.15) is 12.4 Å². The Kier molecular flexibility index (Phi) is 6.93. The molecule has 5 nitrogen and oxygen atoms in total. The number of hydrogen-bond donors (Lipinski definition) is 1. The molecule has 196 valence electrons. The van der Waals surface area contributed by atoms with Crippen molar-refractivity contribution in [3.05, 3.63) is 100 Å². The number of carbonyl (C=O) groups is 1. The van der Waals surface area contributed by atoms with E-state index in [1.807, 2.05) is 65.0 Å². The number of hydrogen-bond acceptors (Lipinski definition) is 4. The zero-order valence-corrected chi connectivity index (χ0v) is 22.5. The Morgan fingerprint density at radius 3 is 2.13 bits per heavy atom. The molecular weight excluding hydrogens is 480 g/mol. The number of nitrogens with one attached hydrogen (secondary N) is 1. The number of amides is 1. The van der Waals surface area contributed by atoms with Crippen LogP contribution >= 0.6 is 0 Å². The van der Waals surface area contributed by atoms with Gasteiger partial charge >= 0.3 is 13.2 Å². The highest BCUT2D eigenvalue weighted by Gasteiger charge is 2.52. The first-order chi connectivity index (χ1) is 18.1. The molecule has 0 atom stereocenters. The predicted molar refractivity (Wildman–Crippen MR) is 148 cm³/mol. The first-order valence-corrected chi connectivity index (χ1v) is 13.0. The van der Waals surface area contributed by atoms with Gasteiger partial charge in [0, 0.05) is 18.0 Å². The number of benzene rings is 3. The van der Waals surface area contributed by atoms with Gasteiger partial charge < -0.3 is 19.4 Å². The van der Waals surface area contributed by atoms with Gasteiger partial charge in [-0.1, -0.05) is 66.7 Å². The van der Waals surface area contributed by atoms with Crippen molar-refractivity contribution in [2.24, 2.45) is 0 Å². The van der Waals surface area contributed by atoms with E-state index in [9.17, 15) is 9.18 Å². The fraction of sp³-hybridized carbons (Fsp3) is 0.323. The van der Waals surface area contributed by atoms with Crippen molar-refractivity contribution in [3.8, 4) is 11.1 Å². The molecule has 0 spiro atoms. The molecule has 0 aromatic heterocycles. The van der Waals surface area contributed by atoms with Gasteiger partial charge in [0.25, 0.3) is 0 Å². The highest BCUT2D eigenvalue weighted by atomic mass is 19.1. The molecule has 3 aromatic carbocycles. The van der Waals surface area contributed by atoms with E-state index in [0.29, 0.717) is 11.0 Å². The summed E-state index contributed by atoms with van der Waals surface area (Å²) in [6.45, 7) is 9.95. The minimum Gasteiger partial charge on any atom is -0.449 e. The lowest BCUT2D eigenvalue weighted by Crippen LogP contribution is -2.41. The fourth-order valence-corrected chi connectivity index (χ4v) is 4.97. The van der Waals surface area contributed by atoms with Crippen molar-refractivity contribution < 1.29 is 23.2 Å². The molecule has 1 saturated heterocycles. The molecule has 0 radical (unpaired) electrons. The average molecular weight is 513 g/mol. The maximum atomic E-state index is 14.7. The molecule has 0 bridgehead atoms. The quantitative estimate of drug-likeness (QED) is 0.374. The summed E-state index contributed by atoms with van der Waals surface area (Å²) < 4.78 is 32.8. The highest BCUT2D eigenvalue weighted by Crippen LogP contribution is 2.44. The zero-order chi connectivity index (χ0) is 27.1. The van der Waals surface area contributed by atoms with E-state index in [0.717, 1.165) is 16.7 Å². The van der Waals surface area contributed by atoms with Crippen LogP contribution in [0.2, 0.25) is 0 Å². The Morgan fingerprint density at radius 1 is 0.974 bits per heavy atom. The molecule has 1 heterocycles. The highest BCUT2D eigenvalue weighted by molar-refractivity contribution is 6.56. The number of carbonyl (C=O) groups excluding carboxylic acids is 1. The van der Waals surface area contributed by atoms with Crippen molar-refractivity contribution in [3.63, 3.8) is 0 Å². The Labute approximate surface area is 224 Å². The van der Waals surface area contributed by atoms with E-state index in [4.69, 9.17) is 14.0 Å².